The molecule has 2 aromatic carbocycles. The van der Waals surface area contributed by atoms with Crippen molar-refractivity contribution in [3.8, 4) is 0 Å². The van der Waals surface area contributed by atoms with Gasteiger partial charge in [-0.2, -0.15) is 0 Å². The minimum Gasteiger partial charge on any atom is -0.478 e. The molecular weight excluding hydrogens is 332 g/mol. The number of amides is 2. The maximum absolute atomic E-state index is 11.6. The number of carbonyl (C=O) groups is 2. The number of nitrogens with one attached hydrogen (secondary N) is 3. The fraction of sp³-hybridized carbons (Fsp3) is 0.105. The predicted molar refractivity (Wildman–Crippen MR) is 101 cm³/mol. The average Bonchev–Trinajstić information content (AvgIpc) is 2.62. The fourth-order valence-corrected chi connectivity index (χ4v) is 2.52. The highest BCUT2D eigenvalue weighted by Gasteiger charge is 2.07. The molecule has 7 nitrogen and oxygen atoms in total. The standard InChI is InChI=1S/C19H18N4O3/c1-2-20-19(26)23-17-10-13-4-3-5-16(15(13)11-21-17)22-14-8-6-12(7-9-14)18(24)25/h3-11,22H,2H2,1H3,(H,24,25)(H2,20,21,23,26). The van der Waals surface area contributed by atoms with E-state index in [0.29, 0.717) is 12.4 Å². The van der Waals surface area contributed by atoms with Gasteiger partial charge in [-0.25, -0.2) is 14.6 Å². The molecule has 0 saturated carbocycles. The summed E-state index contributed by atoms with van der Waals surface area (Å²) in [6.07, 6.45) is 1.69. The summed E-state index contributed by atoms with van der Waals surface area (Å²) in [6.45, 7) is 2.38. The van der Waals surface area contributed by atoms with Gasteiger partial charge < -0.3 is 15.7 Å². The first kappa shape index (κ1) is 17.2. The summed E-state index contributed by atoms with van der Waals surface area (Å²) in [5.74, 6) is -0.496. The molecule has 0 atom stereocenters. The average molecular weight is 350 g/mol. The first-order valence-corrected chi connectivity index (χ1v) is 8.11. The molecule has 0 aliphatic heterocycles. The Morgan fingerprint density at radius 2 is 1.88 bits per heavy atom. The Morgan fingerprint density at radius 3 is 2.58 bits per heavy atom. The zero-order valence-corrected chi connectivity index (χ0v) is 14.1. The largest absolute Gasteiger partial charge is 0.478 e. The highest BCUT2D eigenvalue weighted by molar-refractivity contribution is 5.98. The summed E-state index contributed by atoms with van der Waals surface area (Å²) < 4.78 is 0. The van der Waals surface area contributed by atoms with Gasteiger partial charge in [-0.3, -0.25) is 5.32 Å². The number of nitrogens with zero attached hydrogens (tertiary/aromatic N) is 1. The van der Waals surface area contributed by atoms with Crippen LogP contribution in [0.3, 0.4) is 0 Å². The monoisotopic (exact) mass is 350 g/mol. The van der Waals surface area contributed by atoms with Crippen LogP contribution in [0.15, 0.2) is 54.7 Å². The lowest BCUT2D eigenvalue weighted by Crippen LogP contribution is -2.28. The fourth-order valence-electron chi connectivity index (χ4n) is 2.52. The predicted octanol–water partition coefficient (Wildman–Crippen LogP) is 3.82. The smallest absolute Gasteiger partial charge is 0.335 e. The van der Waals surface area contributed by atoms with Gasteiger partial charge in [-0.1, -0.05) is 12.1 Å². The van der Waals surface area contributed by atoms with Gasteiger partial charge in [0.25, 0.3) is 0 Å². The van der Waals surface area contributed by atoms with Crippen molar-refractivity contribution in [1.29, 1.82) is 0 Å². The molecule has 0 bridgehead atoms. The molecule has 132 valence electrons. The van der Waals surface area contributed by atoms with Crippen LogP contribution < -0.4 is 16.0 Å². The van der Waals surface area contributed by atoms with Crippen LogP contribution >= 0.6 is 0 Å². The molecule has 0 spiro atoms. The molecule has 0 saturated heterocycles. The molecule has 0 aliphatic carbocycles. The number of anilines is 3. The number of urea groups is 1. The van der Waals surface area contributed by atoms with E-state index in [1.54, 1.807) is 36.5 Å². The van der Waals surface area contributed by atoms with Crippen LogP contribution in [0.25, 0.3) is 10.8 Å². The summed E-state index contributed by atoms with van der Waals surface area (Å²) in [5.41, 5.74) is 1.84. The van der Waals surface area contributed by atoms with E-state index in [1.807, 2.05) is 25.1 Å². The Kier molecular flexibility index (Phi) is 4.98. The number of rotatable bonds is 5. The summed E-state index contributed by atoms with van der Waals surface area (Å²) in [4.78, 5) is 26.8. The van der Waals surface area contributed by atoms with Crippen LogP contribution in [0.5, 0.6) is 0 Å². The molecule has 0 fully saturated rings. The number of hydrogen-bond acceptors (Lipinski definition) is 4. The Morgan fingerprint density at radius 1 is 1.12 bits per heavy atom. The zero-order chi connectivity index (χ0) is 18.5. The number of pyridine rings is 1. The lowest BCUT2D eigenvalue weighted by atomic mass is 10.1. The van der Waals surface area contributed by atoms with E-state index >= 15 is 0 Å². The number of fused-ring (bicyclic) bond motifs is 1. The summed E-state index contributed by atoms with van der Waals surface area (Å²) in [6, 6.07) is 13.7. The molecule has 3 aromatic rings. The lowest BCUT2D eigenvalue weighted by Gasteiger charge is -2.11. The lowest BCUT2D eigenvalue weighted by molar-refractivity contribution is 0.0697. The van der Waals surface area contributed by atoms with Crippen LogP contribution in [0, 0.1) is 0 Å². The number of benzene rings is 2. The number of carbonyl (C=O) groups excluding carboxylic acids is 1. The maximum atomic E-state index is 11.6. The second kappa shape index (κ2) is 7.52. The van der Waals surface area contributed by atoms with Crippen molar-refractivity contribution < 1.29 is 14.7 Å². The first-order valence-electron chi connectivity index (χ1n) is 8.11. The Bertz CT molecular complexity index is 955. The van der Waals surface area contributed by atoms with Crippen molar-refractivity contribution in [2.45, 2.75) is 6.92 Å². The number of aromatic nitrogens is 1. The van der Waals surface area contributed by atoms with E-state index in [1.165, 1.54) is 0 Å². The molecular formula is C19H18N4O3. The molecule has 7 heteroatoms. The molecule has 2 amide bonds. The molecule has 26 heavy (non-hydrogen) atoms. The molecule has 3 rings (SSSR count). The third-order valence-corrected chi connectivity index (χ3v) is 3.75. The highest BCUT2D eigenvalue weighted by Crippen LogP contribution is 2.27. The summed E-state index contributed by atoms with van der Waals surface area (Å²) in [5, 5.41) is 19.4. The highest BCUT2D eigenvalue weighted by atomic mass is 16.4. The molecule has 0 aliphatic rings. The summed E-state index contributed by atoms with van der Waals surface area (Å²) in [7, 11) is 0. The van der Waals surface area contributed by atoms with Crippen LogP contribution in [0.1, 0.15) is 17.3 Å². The van der Waals surface area contributed by atoms with Gasteiger partial charge >= 0.3 is 12.0 Å². The zero-order valence-electron chi connectivity index (χ0n) is 14.1. The second-order valence-corrected chi connectivity index (χ2v) is 5.59. The van der Waals surface area contributed by atoms with E-state index in [9.17, 15) is 9.59 Å². The van der Waals surface area contributed by atoms with Crippen molar-refractivity contribution in [2.24, 2.45) is 0 Å². The third-order valence-electron chi connectivity index (χ3n) is 3.75. The minimum absolute atomic E-state index is 0.233. The van der Waals surface area contributed by atoms with Crippen LogP contribution in [0.2, 0.25) is 0 Å². The normalized spacial score (nSPS) is 10.3. The van der Waals surface area contributed by atoms with Gasteiger partial charge in [0, 0.05) is 29.5 Å². The number of carboxylic acids is 1. The number of aromatic carboxylic acids is 1. The molecule has 0 unspecified atom stereocenters. The van der Waals surface area contributed by atoms with E-state index < -0.39 is 5.97 Å². The van der Waals surface area contributed by atoms with Gasteiger partial charge in [0.1, 0.15) is 5.82 Å². The van der Waals surface area contributed by atoms with Crippen molar-refractivity contribution >= 4 is 40.0 Å². The third kappa shape index (κ3) is 3.89. The number of hydrogen-bond donors (Lipinski definition) is 4. The van der Waals surface area contributed by atoms with Crippen molar-refractivity contribution in [2.75, 3.05) is 17.2 Å². The molecule has 1 aromatic heterocycles. The topological polar surface area (TPSA) is 103 Å². The Balaban J connectivity index is 1.85. The maximum Gasteiger partial charge on any atom is 0.335 e. The van der Waals surface area contributed by atoms with Crippen LogP contribution in [-0.4, -0.2) is 28.6 Å². The van der Waals surface area contributed by atoms with E-state index in [2.05, 4.69) is 20.9 Å². The Hall–Kier alpha value is -3.61. The quantitative estimate of drug-likeness (QED) is 0.560. The van der Waals surface area contributed by atoms with Gasteiger partial charge in [0.05, 0.1) is 5.56 Å². The van der Waals surface area contributed by atoms with E-state index in [-0.39, 0.29) is 11.6 Å². The van der Waals surface area contributed by atoms with Crippen LogP contribution in [0.4, 0.5) is 22.0 Å². The van der Waals surface area contributed by atoms with Crippen molar-refractivity contribution in [3.05, 3.63) is 60.3 Å². The van der Waals surface area contributed by atoms with Crippen molar-refractivity contribution in [1.82, 2.24) is 10.3 Å². The summed E-state index contributed by atoms with van der Waals surface area (Å²) >= 11 is 0. The minimum atomic E-state index is -0.960. The number of carboxylic acid groups (broad SMARTS) is 1. The molecule has 1 heterocycles. The second-order valence-electron chi connectivity index (χ2n) is 5.59. The van der Waals surface area contributed by atoms with Gasteiger partial charge in [0.15, 0.2) is 0 Å². The Labute approximate surface area is 150 Å². The van der Waals surface area contributed by atoms with Crippen molar-refractivity contribution in [3.63, 3.8) is 0 Å². The van der Waals surface area contributed by atoms with Crippen LogP contribution in [-0.2, 0) is 0 Å². The van der Waals surface area contributed by atoms with E-state index in [0.717, 1.165) is 22.1 Å². The van der Waals surface area contributed by atoms with E-state index in [4.69, 9.17) is 5.11 Å². The van der Waals surface area contributed by atoms with Gasteiger partial charge in [-0.05, 0) is 48.7 Å². The SMILES string of the molecule is CCNC(=O)Nc1cc2cccc(Nc3ccc(C(=O)O)cc3)c2cn1. The molecule has 4 N–H and O–H groups in total. The first-order chi connectivity index (χ1) is 12.6. The van der Waals surface area contributed by atoms with Gasteiger partial charge in [-0.15, -0.1) is 0 Å². The van der Waals surface area contributed by atoms with Gasteiger partial charge in [0.2, 0.25) is 0 Å². The molecule has 0 radical (unpaired) electrons.